The Kier molecular flexibility index (Phi) is 5.96. The Labute approximate surface area is 150 Å². The number of aliphatic imine (C=N–C) groups is 1. The zero-order valence-corrected chi connectivity index (χ0v) is 15.5. The van der Waals surface area contributed by atoms with Gasteiger partial charge in [0.05, 0.1) is 17.6 Å². The van der Waals surface area contributed by atoms with Gasteiger partial charge < -0.3 is 15.4 Å². The van der Waals surface area contributed by atoms with Gasteiger partial charge in [-0.15, -0.1) is 0 Å². The molecule has 138 valence electrons. The van der Waals surface area contributed by atoms with Crippen LogP contribution in [0.15, 0.2) is 35.3 Å². The average Bonchev–Trinajstić information content (AvgIpc) is 2.98. The summed E-state index contributed by atoms with van der Waals surface area (Å²) in [4.78, 5) is 4.24. The first-order valence-corrected chi connectivity index (χ1v) is 10.7. The maximum absolute atomic E-state index is 11.6. The molecule has 6 nitrogen and oxygen atoms in total. The molecule has 0 spiro atoms. The molecule has 1 aromatic rings. The molecule has 0 saturated carbocycles. The highest BCUT2D eigenvalue weighted by molar-refractivity contribution is 7.91. The van der Waals surface area contributed by atoms with Gasteiger partial charge in [-0.3, -0.25) is 4.99 Å². The monoisotopic (exact) mass is 365 g/mol. The lowest BCUT2D eigenvalue weighted by atomic mass is 9.89. The summed E-state index contributed by atoms with van der Waals surface area (Å²) >= 11 is 0. The van der Waals surface area contributed by atoms with Crippen LogP contribution in [0.3, 0.4) is 0 Å². The fraction of sp³-hybridized carbons (Fsp3) is 0.611. The van der Waals surface area contributed by atoms with Crippen LogP contribution < -0.4 is 10.6 Å². The molecule has 3 rings (SSSR count). The highest BCUT2D eigenvalue weighted by atomic mass is 32.2. The van der Waals surface area contributed by atoms with E-state index in [1.54, 1.807) is 7.05 Å². The number of guanidine groups is 1. The highest BCUT2D eigenvalue weighted by Crippen LogP contribution is 2.33. The molecule has 2 fully saturated rings. The summed E-state index contributed by atoms with van der Waals surface area (Å²) in [6, 6.07) is 10.3. The van der Waals surface area contributed by atoms with Crippen molar-refractivity contribution in [1.29, 1.82) is 0 Å². The summed E-state index contributed by atoms with van der Waals surface area (Å²) in [7, 11) is -1.18. The second kappa shape index (κ2) is 8.19. The van der Waals surface area contributed by atoms with E-state index in [0.29, 0.717) is 18.3 Å². The van der Waals surface area contributed by atoms with Gasteiger partial charge in [-0.1, -0.05) is 30.3 Å². The summed E-state index contributed by atoms with van der Waals surface area (Å²) in [5.74, 6) is 1.47. The molecule has 2 aliphatic rings. The van der Waals surface area contributed by atoms with Crippen molar-refractivity contribution in [2.75, 3.05) is 31.7 Å². The maximum atomic E-state index is 11.6. The van der Waals surface area contributed by atoms with Gasteiger partial charge in [0.15, 0.2) is 15.8 Å². The number of nitrogens with zero attached hydrogens (tertiary/aromatic N) is 1. The summed E-state index contributed by atoms with van der Waals surface area (Å²) in [6.45, 7) is 1.54. The van der Waals surface area contributed by atoms with Crippen molar-refractivity contribution in [3.05, 3.63) is 35.9 Å². The molecule has 7 heteroatoms. The van der Waals surface area contributed by atoms with Crippen LogP contribution >= 0.6 is 0 Å². The number of nitrogens with one attached hydrogen (secondary N) is 2. The zero-order chi connectivity index (χ0) is 17.7. The lowest BCUT2D eigenvalue weighted by molar-refractivity contribution is -0.0265. The van der Waals surface area contributed by atoms with Gasteiger partial charge in [0, 0.05) is 32.2 Å². The van der Waals surface area contributed by atoms with Crippen LogP contribution in [0.4, 0.5) is 0 Å². The van der Waals surface area contributed by atoms with Crippen LogP contribution in [-0.4, -0.2) is 52.1 Å². The van der Waals surface area contributed by atoms with Gasteiger partial charge in [0.25, 0.3) is 0 Å². The van der Waals surface area contributed by atoms with E-state index in [1.165, 1.54) is 5.56 Å². The van der Waals surface area contributed by atoms with E-state index >= 15 is 0 Å². The minimum Gasteiger partial charge on any atom is -0.373 e. The molecule has 2 N–H and O–H groups in total. The third-order valence-corrected chi connectivity index (χ3v) is 6.67. The second-order valence-electron chi connectivity index (χ2n) is 6.80. The molecule has 3 atom stereocenters. The Bertz CT molecular complexity index is 691. The number of ether oxygens (including phenoxy) is 1. The average molecular weight is 365 g/mol. The van der Waals surface area contributed by atoms with Gasteiger partial charge in [0.2, 0.25) is 0 Å². The van der Waals surface area contributed by atoms with Gasteiger partial charge in [-0.25, -0.2) is 8.42 Å². The van der Waals surface area contributed by atoms with E-state index in [4.69, 9.17) is 4.74 Å². The third-order valence-electron chi connectivity index (χ3n) is 4.90. The normalized spacial score (nSPS) is 29.3. The molecule has 0 aromatic heterocycles. The molecule has 2 aliphatic heterocycles. The van der Waals surface area contributed by atoms with E-state index in [2.05, 4.69) is 27.8 Å². The molecular formula is C18H27N3O3S. The largest absolute Gasteiger partial charge is 0.373 e. The molecule has 0 radical (unpaired) electrons. The van der Waals surface area contributed by atoms with Crippen LogP contribution in [0.5, 0.6) is 0 Å². The van der Waals surface area contributed by atoms with Crippen molar-refractivity contribution in [3.63, 3.8) is 0 Å². The van der Waals surface area contributed by atoms with Crippen molar-refractivity contribution < 1.29 is 13.2 Å². The number of hydrogen-bond acceptors (Lipinski definition) is 4. The number of sulfone groups is 1. The fourth-order valence-electron chi connectivity index (χ4n) is 3.59. The highest BCUT2D eigenvalue weighted by Gasteiger charge is 2.30. The first-order chi connectivity index (χ1) is 12.1. The number of rotatable bonds is 4. The molecule has 1 aromatic carbocycles. The van der Waals surface area contributed by atoms with Crippen LogP contribution in [0.25, 0.3) is 0 Å². The topological polar surface area (TPSA) is 79.8 Å². The van der Waals surface area contributed by atoms with Crippen molar-refractivity contribution in [2.45, 2.75) is 31.4 Å². The molecular weight excluding hydrogens is 338 g/mol. The molecule has 3 unspecified atom stereocenters. The lowest BCUT2D eigenvalue weighted by Gasteiger charge is -2.32. The quantitative estimate of drug-likeness (QED) is 0.624. The Morgan fingerprint density at radius 3 is 2.76 bits per heavy atom. The fourth-order valence-corrected chi connectivity index (χ4v) is 5.26. The van der Waals surface area contributed by atoms with E-state index < -0.39 is 9.84 Å². The van der Waals surface area contributed by atoms with Gasteiger partial charge >= 0.3 is 0 Å². The number of hydrogen-bond donors (Lipinski definition) is 2. The van der Waals surface area contributed by atoms with Crippen molar-refractivity contribution in [3.8, 4) is 0 Å². The molecule has 25 heavy (non-hydrogen) atoms. The van der Waals surface area contributed by atoms with Crippen molar-refractivity contribution in [2.24, 2.45) is 10.9 Å². The Balaban J connectivity index is 1.56. The molecule has 0 bridgehead atoms. The first-order valence-electron chi connectivity index (χ1n) is 8.91. The minimum atomic E-state index is -2.89. The maximum Gasteiger partial charge on any atom is 0.191 e. The third kappa shape index (κ3) is 4.95. The smallest absolute Gasteiger partial charge is 0.191 e. The Morgan fingerprint density at radius 1 is 1.28 bits per heavy atom. The van der Waals surface area contributed by atoms with Crippen LogP contribution in [-0.2, 0) is 14.6 Å². The summed E-state index contributed by atoms with van der Waals surface area (Å²) < 4.78 is 29.2. The first kappa shape index (κ1) is 18.2. The summed E-state index contributed by atoms with van der Waals surface area (Å²) in [6.07, 6.45) is 2.89. The standard InChI is InChI=1S/C18H27N3O3S/c1-19-18(21-16-9-11-25(22,23)13-16)20-12-15-8-5-10-24-17(15)14-6-3-2-4-7-14/h2-4,6-7,15-17H,5,8-13H2,1H3,(H2,19,20,21). The molecule has 2 saturated heterocycles. The predicted molar refractivity (Wildman–Crippen MR) is 99.4 cm³/mol. The Hall–Kier alpha value is -1.60. The minimum absolute atomic E-state index is 0.0521. The van der Waals surface area contributed by atoms with Crippen LogP contribution in [0.1, 0.15) is 30.9 Å². The van der Waals surface area contributed by atoms with Crippen molar-refractivity contribution >= 4 is 15.8 Å². The molecule has 2 heterocycles. The van der Waals surface area contributed by atoms with Crippen LogP contribution in [0.2, 0.25) is 0 Å². The Morgan fingerprint density at radius 2 is 2.08 bits per heavy atom. The van der Waals surface area contributed by atoms with E-state index in [0.717, 1.165) is 26.0 Å². The zero-order valence-electron chi connectivity index (χ0n) is 14.6. The van der Waals surface area contributed by atoms with Gasteiger partial charge in [-0.05, 0) is 24.8 Å². The van der Waals surface area contributed by atoms with Gasteiger partial charge in [0.1, 0.15) is 0 Å². The van der Waals surface area contributed by atoms with Crippen molar-refractivity contribution in [1.82, 2.24) is 10.6 Å². The van der Waals surface area contributed by atoms with E-state index in [9.17, 15) is 8.42 Å². The number of benzene rings is 1. The predicted octanol–water partition coefficient (Wildman–Crippen LogP) is 1.51. The summed E-state index contributed by atoms with van der Waals surface area (Å²) in [5, 5.41) is 6.59. The van der Waals surface area contributed by atoms with Crippen LogP contribution in [0, 0.1) is 5.92 Å². The van der Waals surface area contributed by atoms with Gasteiger partial charge in [-0.2, -0.15) is 0 Å². The second-order valence-corrected chi connectivity index (χ2v) is 9.03. The summed E-state index contributed by atoms with van der Waals surface area (Å²) in [5.41, 5.74) is 1.21. The molecule has 0 amide bonds. The lowest BCUT2D eigenvalue weighted by Crippen LogP contribution is -2.46. The van der Waals surface area contributed by atoms with E-state index in [-0.39, 0.29) is 23.7 Å². The van der Waals surface area contributed by atoms with E-state index in [1.807, 2.05) is 18.2 Å². The molecule has 0 aliphatic carbocycles. The SMILES string of the molecule is CN=C(NCC1CCCOC1c1ccccc1)NC1CCS(=O)(=O)C1.